The molecule has 0 radical (unpaired) electrons. The second-order valence-electron chi connectivity index (χ2n) is 5.92. The van der Waals surface area contributed by atoms with Gasteiger partial charge in [-0.1, -0.05) is 26.0 Å². The molecule has 0 spiro atoms. The second kappa shape index (κ2) is 7.29. The molecule has 122 valence electrons. The third-order valence-electron chi connectivity index (χ3n) is 3.73. The Morgan fingerprint density at radius 3 is 2.27 bits per heavy atom. The number of rotatable bonds is 6. The third-order valence-corrected chi connectivity index (χ3v) is 3.73. The standard InChI is InChI=1S/C17H25NO4/c1-10(2)14-8-7-11(3)9-15(14)22-13(5)16(19)18(6)12(4)17(20)21/h7-10,12-13H,1-6H3,(H,20,21). The maximum absolute atomic E-state index is 12.3. The highest BCUT2D eigenvalue weighted by Gasteiger charge is 2.27. The lowest BCUT2D eigenvalue weighted by atomic mass is 10.0. The van der Waals surface area contributed by atoms with Gasteiger partial charge in [-0.2, -0.15) is 0 Å². The number of likely N-dealkylation sites (N-methyl/N-ethyl adjacent to an activating group) is 1. The van der Waals surface area contributed by atoms with Crippen molar-refractivity contribution in [3.8, 4) is 5.75 Å². The maximum atomic E-state index is 12.3. The molecule has 1 aromatic carbocycles. The Labute approximate surface area is 131 Å². The highest BCUT2D eigenvalue weighted by molar-refractivity contribution is 5.86. The summed E-state index contributed by atoms with van der Waals surface area (Å²) in [5.74, 6) is -0.451. The molecule has 2 unspecified atom stereocenters. The van der Waals surface area contributed by atoms with Crippen LogP contribution in [0.4, 0.5) is 0 Å². The molecule has 0 saturated heterocycles. The topological polar surface area (TPSA) is 66.8 Å². The Bertz CT molecular complexity index is 554. The summed E-state index contributed by atoms with van der Waals surface area (Å²) in [4.78, 5) is 24.5. The summed E-state index contributed by atoms with van der Waals surface area (Å²) in [5.41, 5.74) is 2.07. The van der Waals surface area contributed by atoms with E-state index in [4.69, 9.17) is 9.84 Å². The van der Waals surface area contributed by atoms with Crippen molar-refractivity contribution in [1.82, 2.24) is 4.90 Å². The molecule has 1 rings (SSSR count). The summed E-state index contributed by atoms with van der Waals surface area (Å²) in [6.45, 7) is 9.19. The first-order valence-corrected chi connectivity index (χ1v) is 7.41. The lowest BCUT2D eigenvalue weighted by Crippen LogP contribution is -2.46. The smallest absolute Gasteiger partial charge is 0.326 e. The molecule has 1 aromatic rings. The van der Waals surface area contributed by atoms with E-state index in [2.05, 4.69) is 13.8 Å². The van der Waals surface area contributed by atoms with E-state index in [1.807, 2.05) is 25.1 Å². The second-order valence-corrected chi connectivity index (χ2v) is 5.92. The zero-order chi connectivity index (χ0) is 17.0. The molecule has 2 atom stereocenters. The number of carbonyl (C=O) groups excluding carboxylic acids is 1. The van der Waals surface area contributed by atoms with Crippen LogP contribution in [0.3, 0.4) is 0 Å². The summed E-state index contributed by atoms with van der Waals surface area (Å²) in [5, 5.41) is 8.99. The van der Waals surface area contributed by atoms with E-state index < -0.39 is 18.1 Å². The summed E-state index contributed by atoms with van der Waals surface area (Å²) in [6, 6.07) is 5.02. The molecule has 0 aliphatic carbocycles. The highest BCUT2D eigenvalue weighted by atomic mass is 16.5. The zero-order valence-electron chi connectivity index (χ0n) is 14.1. The SMILES string of the molecule is Cc1ccc(C(C)C)c(OC(C)C(=O)N(C)C(C)C(=O)O)c1. The van der Waals surface area contributed by atoms with Crippen LogP contribution in [-0.4, -0.2) is 41.1 Å². The molecule has 0 heterocycles. The predicted octanol–water partition coefficient (Wildman–Crippen LogP) is 2.82. The number of hydrogen-bond acceptors (Lipinski definition) is 3. The van der Waals surface area contributed by atoms with Crippen molar-refractivity contribution in [3.05, 3.63) is 29.3 Å². The third kappa shape index (κ3) is 4.23. The van der Waals surface area contributed by atoms with Gasteiger partial charge in [0, 0.05) is 7.05 Å². The molecule has 5 heteroatoms. The molecule has 5 nitrogen and oxygen atoms in total. The van der Waals surface area contributed by atoms with Gasteiger partial charge in [0.15, 0.2) is 6.10 Å². The summed E-state index contributed by atoms with van der Waals surface area (Å²) < 4.78 is 5.82. The molecule has 1 amide bonds. The number of hydrogen-bond donors (Lipinski definition) is 1. The van der Waals surface area contributed by atoms with Crippen LogP contribution >= 0.6 is 0 Å². The first-order valence-electron chi connectivity index (χ1n) is 7.41. The Balaban J connectivity index is 2.93. The van der Waals surface area contributed by atoms with E-state index in [1.54, 1.807) is 6.92 Å². The number of aliphatic carboxylic acids is 1. The Kier molecular flexibility index (Phi) is 5.97. The van der Waals surface area contributed by atoms with Crippen molar-refractivity contribution in [3.63, 3.8) is 0 Å². The van der Waals surface area contributed by atoms with Crippen molar-refractivity contribution in [2.75, 3.05) is 7.05 Å². The van der Waals surface area contributed by atoms with Gasteiger partial charge >= 0.3 is 5.97 Å². The van der Waals surface area contributed by atoms with Gasteiger partial charge in [0.05, 0.1) is 0 Å². The minimum atomic E-state index is -1.04. The highest BCUT2D eigenvalue weighted by Crippen LogP contribution is 2.28. The molecule has 0 bridgehead atoms. The number of carboxylic acids is 1. The van der Waals surface area contributed by atoms with E-state index in [0.29, 0.717) is 5.75 Å². The van der Waals surface area contributed by atoms with Crippen molar-refractivity contribution >= 4 is 11.9 Å². The van der Waals surface area contributed by atoms with Crippen molar-refractivity contribution in [2.45, 2.75) is 52.7 Å². The number of carboxylic acid groups (broad SMARTS) is 1. The molecule has 0 saturated carbocycles. The molecular formula is C17H25NO4. The summed E-state index contributed by atoms with van der Waals surface area (Å²) >= 11 is 0. The van der Waals surface area contributed by atoms with Gasteiger partial charge in [-0.15, -0.1) is 0 Å². The van der Waals surface area contributed by atoms with Gasteiger partial charge in [0.1, 0.15) is 11.8 Å². The lowest BCUT2D eigenvalue weighted by Gasteiger charge is -2.26. The van der Waals surface area contributed by atoms with E-state index in [1.165, 1.54) is 18.9 Å². The van der Waals surface area contributed by atoms with Gasteiger partial charge in [0.2, 0.25) is 0 Å². The van der Waals surface area contributed by atoms with Crippen LogP contribution in [-0.2, 0) is 9.59 Å². The number of nitrogens with zero attached hydrogens (tertiary/aromatic N) is 1. The summed E-state index contributed by atoms with van der Waals surface area (Å²) in [6.07, 6.45) is -0.744. The average Bonchev–Trinajstić information content (AvgIpc) is 2.44. The minimum absolute atomic E-state index is 0.272. The number of carbonyl (C=O) groups is 2. The van der Waals surface area contributed by atoms with Gasteiger partial charge < -0.3 is 14.7 Å². The lowest BCUT2D eigenvalue weighted by molar-refractivity contribution is -0.150. The predicted molar refractivity (Wildman–Crippen MR) is 85.2 cm³/mol. The van der Waals surface area contributed by atoms with Gasteiger partial charge in [-0.3, -0.25) is 4.79 Å². The Morgan fingerprint density at radius 2 is 1.77 bits per heavy atom. The largest absolute Gasteiger partial charge is 0.481 e. The van der Waals surface area contributed by atoms with E-state index in [-0.39, 0.29) is 11.8 Å². The number of benzene rings is 1. The normalized spacial score (nSPS) is 13.6. The van der Waals surface area contributed by atoms with Crippen LogP contribution in [0, 0.1) is 6.92 Å². The Morgan fingerprint density at radius 1 is 1.18 bits per heavy atom. The first-order chi connectivity index (χ1) is 10.1. The van der Waals surface area contributed by atoms with Crippen molar-refractivity contribution in [1.29, 1.82) is 0 Å². The van der Waals surface area contributed by atoms with Crippen LogP contribution in [0.15, 0.2) is 18.2 Å². The zero-order valence-corrected chi connectivity index (χ0v) is 14.1. The number of aryl methyl sites for hydroxylation is 1. The van der Waals surface area contributed by atoms with Crippen LogP contribution in [0.25, 0.3) is 0 Å². The molecule has 22 heavy (non-hydrogen) atoms. The molecule has 0 fully saturated rings. The first kappa shape index (κ1) is 18.0. The van der Waals surface area contributed by atoms with Crippen LogP contribution in [0.5, 0.6) is 5.75 Å². The average molecular weight is 307 g/mol. The maximum Gasteiger partial charge on any atom is 0.326 e. The van der Waals surface area contributed by atoms with Gasteiger partial charge in [0.25, 0.3) is 5.91 Å². The van der Waals surface area contributed by atoms with Crippen LogP contribution in [0.2, 0.25) is 0 Å². The van der Waals surface area contributed by atoms with E-state index in [9.17, 15) is 9.59 Å². The summed E-state index contributed by atoms with van der Waals surface area (Å²) in [7, 11) is 1.47. The van der Waals surface area contributed by atoms with Crippen molar-refractivity contribution < 1.29 is 19.4 Å². The van der Waals surface area contributed by atoms with E-state index in [0.717, 1.165) is 11.1 Å². The van der Waals surface area contributed by atoms with Crippen LogP contribution in [0.1, 0.15) is 44.7 Å². The quantitative estimate of drug-likeness (QED) is 0.877. The van der Waals surface area contributed by atoms with Gasteiger partial charge in [-0.25, -0.2) is 4.79 Å². The van der Waals surface area contributed by atoms with Crippen molar-refractivity contribution in [2.24, 2.45) is 0 Å². The molecule has 1 N–H and O–H groups in total. The fourth-order valence-electron chi connectivity index (χ4n) is 2.10. The number of amides is 1. The molecule has 0 aliphatic heterocycles. The van der Waals surface area contributed by atoms with Gasteiger partial charge in [-0.05, 0) is 43.9 Å². The molecule has 0 aromatic heterocycles. The number of ether oxygens (including phenoxy) is 1. The molecular weight excluding hydrogens is 282 g/mol. The fourth-order valence-corrected chi connectivity index (χ4v) is 2.10. The fraction of sp³-hybridized carbons (Fsp3) is 0.529. The Hall–Kier alpha value is -2.04. The van der Waals surface area contributed by atoms with E-state index >= 15 is 0 Å². The monoisotopic (exact) mass is 307 g/mol. The van der Waals surface area contributed by atoms with Crippen LogP contribution < -0.4 is 4.74 Å². The molecule has 0 aliphatic rings. The minimum Gasteiger partial charge on any atom is -0.481 e.